The van der Waals surface area contributed by atoms with Gasteiger partial charge in [-0.05, 0) is 24.3 Å². The molecule has 3 aromatic rings. The molecule has 0 radical (unpaired) electrons. The Morgan fingerprint density at radius 1 is 1.30 bits per heavy atom. The van der Waals surface area contributed by atoms with Gasteiger partial charge in [0.25, 0.3) is 5.56 Å². The summed E-state index contributed by atoms with van der Waals surface area (Å²) in [5, 5.41) is 1.06. The average molecular weight is 387 g/mol. The molecule has 0 saturated carbocycles. The number of para-hydroxylation sites is 1. The molecular weight excluding hydrogens is 366 g/mol. The first-order valence-electron chi connectivity index (χ1n) is 8.48. The van der Waals surface area contributed by atoms with Gasteiger partial charge in [-0.15, -0.1) is 0 Å². The van der Waals surface area contributed by atoms with E-state index in [2.05, 4.69) is 4.98 Å². The standard InChI is InChI=1S/C19H21N3O4S/c1-21(12-14-6-5-10-26-14)17(23)13-27-19-20-16-8-4-3-7-15(16)18(24)22(19)9-11-25-2/h3-8,10H,9,11-13H2,1-2H3. The number of carbonyl (C=O) groups excluding carboxylic acids is 1. The highest BCUT2D eigenvalue weighted by Crippen LogP contribution is 2.18. The highest BCUT2D eigenvalue weighted by molar-refractivity contribution is 7.99. The molecule has 0 atom stereocenters. The van der Waals surface area contributed by atoms with Crippen molar-refractivity contribution in [3.8, 4) is 0 Å². The Morgan fingerprint density at radius 3 is 2.85 bits per heavy atom. The minimum atomic E-state index is -0.128. The van der Waals surface area contributed by atoms with E-state index in [4.69, 9.17) is 9.15 Å². The third-order valence-corrected chi connectivity index (χ3v) is 5.03. The smallest absolute Gasteiger partial charge is 0.262 e. The molecule has 0 saturated heterocycles. The normalized spacial score (nSPS) is 11.0. The molecule has 0 N–H and O–H groups in total. The van der Waals surface area contributed by atoms with Gasteiger partial charge >= 0.3 is 0 Å². The lowest BCUT2D eigenvalue weighted by atomic mass is 10.2. The van der Waals surface area contributed by atoms with Gasteiger partial charge in [-0.3, -0.25) is 14.2 Å². The van der Waals surface area contributed by atoms with Crippen molar-refractivity contribution in [3.63, 3.8) is 0 Å². The molecule has 0 aliphatic heterocycles. The van der Waals surface area contributed by atoms with Gasteiger partial charge in [-0.1, -0.05) is 23.9 Å². The lowest BCUT2D eigenvalue weighted by Crippen LogP contribution is -2.29. The Balaban J connectivity index is 1.78. The molecule has 1 amide bonds. The molecule has 0 bridgehead atoms. The van der Waals surface area contributed by atoms with Crippen LogP contribution in [0.2, 0.25) is 0 Å². The predicted molar refractivity (Wildman–Crippen MR) is 104 cm³/mol. The van der Waals surface area contributed by atoms with Crippen molar-refractivity contribution < 1.29 is 13.9 Å². The zero-order valence-corrected chi connectivity index (χ0v) is 16.1. The van der Waals surface area contributed by atoms with E-state index in [1.807, 2.05) is 18.2 Å². The number of rotatable bonds is 8. The van der Waals surface area contributed by atoms with Crippen molar-refractivity contribution in [1.29, 1.82) is 0 Å². The van der Waals surface area contributed by atoms with Crippen molar-refractivity contribution in [2.24, 2.45) is 0 Å². The van der Waals surface area contributed by atoms with Crippen molar-refractivity contribution in [2.75, 3.05) is 26.5 Å². The van der Waals surface area contributed by atoms with Gasteiger partial charge in [0.05, 0.1) is 42.6 Å². The summed E-state index contributed by atoms with van der Waals surface area (Å²) in [5.41, 5.74) is 0.492. The van der Waals surface area contributed by atoms with Crippen LogP contribution in [0.4, 0.5) is 0 Å². The van der Waals surface area contributed by atoms with Crippen molar-refractivity contribution in [1.82, 2.24) is 14.5 Å². The number of ether oxygens (including phenoxy) is 1. The van der Waals surface area contributed by atoms with Crippen LogP contribution in [-0.4, -0.2) is 46.9 Å². The second-order valence-corrected chi connectivity index (χ2v) is 6.92. The van der Waals surface area contributed by atoms with Crippen LogP contribution in [0.1, 0.15) is 5.76 Å². The van der Waals surface area contributed by atoms with Crippen LogP contribution in [0.15, 0.2) is 57.0 Å². The third-order valence-electron chi connectivity index (χ3n) is 4.07. The molecule has 0 aliphatic rings. The number of benzene rings is 1. The monoisotopic (exact) mass is 387 g/mol. The number of hydrogen-bond acceptors (Lipinski definition) is 6. The van der Waals surface area contributed by atoms with Gasteiger partial charge in [0.15, 0.2) is 5.16 Å². The van der Waals surface area contributed by atoms with E-state index < -0.39 is 0 Å². The molecule has 27 heavy (non-hydrogen) atoms. The van der Waals surface area contributed by atoms with Crippen molar-refractivity contribution >= 4 is 28.6 Å². The largest absolute Gasteiger partial charge is 0.467 e. The molecule has 142 valence electrons. The lowest BCUT2D eigenvalue weighted by molar-refractivity contribution is -0.127. The number of amides is 1. The second-order valence-electron chi connectivity index (χ2n) is 5.98. The van der Waals surface area contributed by atoms with E-state index in [-0.39, 0.29) is 17.2 Å². The molecule has 0 unspecified atom stereocenters. The molecule has 0 spiro atoms. The van der Waals surface area contributed by atoms with Crippen LogP contribution in [0.25, 0.3) is 10.9 Å². The highest BCUT2D eigenvalue weighted by atomic mass is 32.2. The first-order valence-corrected chi connectivity index (χ1v) is 9.46. The molecule has 2 aromatic heterocycles. The number of fused-ring (bicyclic) bond motifs is 1. The number of carbonyl (C=O) groups is 1. The summed E-state index contributed by atoms with van der Waals surface area (Å²) in [4.78, 5) is 31.4. The zero-order valence-electron chi connectivity index (χ0n) is 15.3. The van der Waals surface area contributed by atoms with E-state index >= 15 is 0 Å². The van der Waals surface area contributed by atoms with Crippen molar-refractivity contribution in [3.05, 3.63) is 58.8 Å². The van der Waals surface area contributed by atoms with Gasteiger partial charge in [-0.2, -0.15) is 0 Å². The molecule has 1 aromatic carbocycles. The number of thioether (sulfide) groups is 1. The highest BCUT2D eigenvalue weighted by Gasteiger charge is 2.15. The fourth-order valence-corrected chi connectivity index (χ4v) is 3.56. The maximum absolute atomic E-state index is 12.8. The number of aromatic nitrogens is 2. The fraction of sp³-hybridized carbons (Fsp3) is 0.316. The second kappa shape index (κ2) is 8.88. The third kappa shape index (κ3) is 4.58. The molecule has 8 heteroatoms. The molecule has 0 fully saturated rings. The van der Waals surface area contributed by atoms with Crippen LogP contribution in [0, 0.1) is 0 Å². The number of methoxy groups -OCH3 is 1. The van der Waals surface area contributed by atoms with Gasteiger partial charge < -0.3 is 14.1 Å². The minimum Gasteiger partial charge on any atom is -0.467 e. The fourth-order valence-electron chi connectivity index (χ4n) is 2.60. The first-order chi connectivity index (χ1) is 13.1. The maximum atomic E-state index is 12.8. The van der Waals surface area contributed by atoms with Crippen LogP contribution < -0.4 is 5.56 Å². The van der Waals surface area contributed by atoms with Gasteiger partial charge in [0.2, 0.25) is 5.91 Å². The number of furan rings is 1. The SMILES string of the molecule is COCCn1c(SCC(=O)N(C)Cc2ccco2)nc2ccccc2c1=O. The summed E-state index contributed by atoms with van der Waals surface area (Å²) in [5.74, 6) is 0.823. The summed E-state index contributed by atoms with van der Waals surface area (Å²) >= 11 is 1.25. The predicted octanol–water partition coefficient (Wildman–Crippen LogP) is 2.39. The molecule has 7 nitrogen and oxygen atoms in total. The summed E-state index contributed by atoms with van der Waals surface area (Å²) in [6.45, 7) is 1.17. The lowest BCUT2D eigenvalue weighted by Gasteiger charge is -2.16. The van der Waals surface area contributed by atoms with Gasteiger partial charge in [0, 0.05) is 14.2 Å². The summed E-state index contributed by atoms with van der Waals surface area (Å²) < 4.78 is 11.9. The topological polar surface area (TPSA) is 77.6 Å². The van der Waals surface area contributed by atoms with Crippen LogP contribution in [0.5, 0.6) is 0 Å². The number of hydrogen-bond donors (Lipinski definition) is 0. The summed E-state index contributed by atoms with van der Waals surface area (Å²) in [6.07, 6.45) is 1.58. The van der Waals surface area contributed by atoms with Crippen LogP contribution >= 0.6 is 11.8 Å². The Morgan fingerprint density at radius 2 is 2.11 bits per heavy atom. The van der Waals surface area contributed by atoms with Gasteiger partial charge in [-0.25, -0.2) is 4.98 Å². The zero-order chi connectivity index (χ0) is 19.2. The van der Waals surface area contributed by atoms with E-state index in [9.17, 15) is 9.59 Å². The Hall–Kier alpha value is -2.58. The Labute approximate surface area is 160 Å². The maximum Gasteiger partial charge on any atom is 0.262 e. The van der Waals surface area contributed by atoms with Crippen LogP contribution in [0.3, 0.4) is 0 Å². The summed E-state index contributed by atoms with van der Waals surface area (Å²) in [6, 6.07) is 10.8. The van der Waals surface area contributed by atoms with E-state index in [1.165, 1.54) is 11.8 Å². The molecule has 3 rings (SSSR count). The van der Waals surface area contributed by atoms with Crippen LogP contribution in [-0.2, 0) is 22.6 Å². The summed E-state index contributed by atoms with van der Waals surface area (Å²) in [7, 11) is 3.30. The van der Waals surface area contributed by atoms with Gasteiger partial charge in [0.1, 0.15) is 5.76 Å². The van der Waals surface area contributed by atoms with E-state index in [0.29, 0.717) is 35.8 Å². The van der Waals surface area contributed by atoms with E-state index in [0.717, 1.165) is 5.76 Å². The Kier molecular flexibility index (Phi) is 6.31. The molecular formula is C19H21N3O4S. The molecule has 2 heterocycles. The first kappa shape index (κ1) is 19.2. The quantitative estimate of drug-likeness (QED) is 0.436. The average Bonchev–Trinajstić information content (AvgIpc) is 3.18. The van der Waals surface area contributed by atoms with Crippen molar-refractivity contribution in [2.45, 2.75) is 18.2 Å². The minimum absolute atomic E-state index is 0.0721. The molecule has 0 aliphatic carbocycles. The van der Waals surface area contributed by atoms with E-state index in [1.54, 1.807) is 48.1 Å². The number of nitrogens with zero attached hydrogens (tertiary/aromatic N) is 3. The Bertz CT molecular complexity index is 969.